The fraction of sp³-hybridized carbons (Fsp3) is 0.312. The zero-order valence-electron chi connectivity index (χ0n) is 12.6. The molecule has 1 aromatic carbocycles. The minimum absolute atomic E-state index is 0.0196. The Hall–Kier alpha value is -2.77. The molecular weight excluding hydrogens is 318 g/mol. The highest BCUT2D eigenvalue weighted by molar-refractivity contribution is 5.74. The van der Waals surface area contributed by atoms with Crippen molar-refractivity contribution in [2.24, 2.45) is 10.7 Å². The van der Waals surface area contributed by atoms with Gasteiger partial charge < -0.3 is 15.2 Å². The fourth-order valence-corrected chi connectivity index (χ4v) is 3.13. The smallest absolute Gasteiger partial charge is 0.310 e. The van der Waals surface area contributed by atoms with E-state index in [0.29, 0.717) is 22.4 Å². The molecule has 6 nitrogen and oxygen atoms in total. The first-order valence-corrected chi connectivity index (χ1v) is 7.40. The minimum atomic E-state index is -3.19. The molecule has 0 saturated heterocycles. The first-order valence-electron chi connectivity index (χ1n) is 7.40. The summed E-state index contributed by atoms with van der Waals surface area (Å²) in [5, 5.41) is 0. The molecule has 0 aliphatic carbocycles. The maximum absolute atomic E-state index is 14.8. The van der Waals surface area contributed by atoms with Crippen molar-refractivity contribution in [1.29, 1.82) is 0 Å². The normalized spacial score (nSPS) is 24.5. The van der Waals surface area contributed by atoms with E-state index < -0.39 is 18.1 Å². The number of halogens is 2. The van der Waals surface area contributed by atoms with Crippen molar-refractivity contribution in [3.8, 4) is 16.9 Å². The Morgan fingerprint density at radius 3 is 2.67 bits per heavy atom. The fourth-order valence-electron chi connectivity index (χ4n) is 3.13. The van der Waals surface area contributed by atoms with E-state index in [0.717, 1.165) is 0 Å². The zero-order valence-corrected chi connectivity index (χ0v) is 12.6. The lowest BCUT2D eigenvalue weighted by Crippen LogP contribution is -2.54. The van der Waals surface area contributed by atoms with Crippen LogP contribution < -0.4 is 10.5 Å². The summed E-state index contributed by atoms with van der Waals surface area (Å²) < 4.78 is 39.8. The summed E-state index contributed by atoms with van der Waals surface area (Å²) in [6, 6.07) is 4.85. The van der Waals surface area contributed by atoms with Gasteiger partial charge in [-0.3, -0.25) is 0 Å². The van der Waals surface area contributed by atoms with E-state index >= 15 is 0 Å². The maximum Gasteiger partial charge on any atom is 0.310 e. The van der Waals surface area contributed by atoms with Gasteiger partial charge in [0, 0.05) is 29.9 Å². The van der Waals surface area contributed by atoms with Crippen molar-refractivity contribution in [2.45, 2.75) is 17.9 Å². The SMILES string of the molecule is NC1=NC2(CCOc3ccc(-c4cncnc4)cc32)C(F)(F)CO1. The van der Waals surface area contributed by atoms with Gasteiger partial charge in [-0.2, -0.15) is 8.78 Å². The molecule has 1 spiro atoms. The second-order valence-electron chi connectivity index (χ2n) is 5.74. The largest absolute Gasteiger partial charge is 0.493 e. The van der Waals surface area contributed by atoms with Crippen LogP contribution in [0.4, 0.5) is 8.78 Å². The van der Waals surface area contributed by atoms with Crippen LogP contribution >= 0.6 is 0 Å². The molecule has 2 aromatic rings. The lowest BCUT2D eigenvalue weighted by Gasteiger charge is -2.43. The molecule has 2 N–H and O–H groups in total. The van der Waals surface area contributed by atoms with E-state index in [2.05, 4.69) is 15.0 Å². The molecule has 8 heteroatoms. The van der Waals surface area contributed by atoms with Crippen LogP contribution in [0.5, 0.6) is 5.75 Å². The van der Waals surface area contributed by atoms with Gasteiger partial charge in [-0.15, -0.1) is 0 Å². The van der Waals surface area contributed by atoms with Crippen LogP contribution in [0.2, 0.25) is 0 Å². The van der Waals surface area contributed by atoms with E-state index in [4.69, 9.17) is 15.2 Å². The number of nitrogens with two attached hydrogens (primary N) is 1. The molecule has 1 atom stereocenters. The molecule has 2 aliphatic heterocycles. The quantitative estimate of drug-likeness (QED) is 0.865. The molecule has 124 valence electrons. The van der Waals surface area contributed by atoms with Gasteiger partial charge in [0.05, 0.1) is 6.61 Å². The second kappa shape index (κ2) is 5.12. The summed E-state index contributed by atoms with van der Waals surface area (Å²) in [6.45, 7) is -0.673. The summed E-state index contributed by atoms with van der Waals surface area (Å²) in [7, 11) is 0. The van der Waals surface area contributed by atoms with Gasteiger partial charge in [-0.25, -0.2) is 15.0 Å². The third-order valence-electron chi connectivity index (χ3n) is 4.35. The Morgan fingerprint density at radius 2 is 1.88 bits per heavy atom. The number of rotatable bonds is 1. The van der Waals surface area contributed by atoms with Crippen molar-refractivity contribution < 1.29 is 18.3 Å². The van der Waals surface area contributed by atoms with E-state index in [1.165, 1.54) is 6.33 Å². The molecule has 0 radical (unpaired) electrons. The lowest BCUT2D eigenvalue weighted by atomic mass is 9.78. The van der Waals surface area contributed by atoms with Crippen molar-refractivity contribution in [1.82, 2.24) is 9.97 Å². The molecule has 2 aliphatic rings. The van der Waals surface area contributed by atoms with E-state index in [-0.39, 0.29) is 19.0 Å². The topological polar surface area (TPSA) is 82.6 Å². The van der Waals surface area contributed by atoms with Crippen LogP contribution in [0.15, 0.2) is 41.9 Å². The monoisotopic (exact) mass is 332 g/mol. The highest BCUT2D eigenvalue weighted by atomic mass is 19.3. The number of fused-ring (bicyclic) bond motifs is 2. The molecule has 0 saturated carbocycles. The van der Waals surface area contributed by atoms with Crippen LogP contribution in [-0.4, -0.2) is 35.1 Å². The average molecular weight is 332 g/mol. The number of hydrogen-bond acceptors (Lipinski definition) is 6. The predicted molar refractivity (Wildman–Crippen MR) is 81.8 cm³/mol. The highest BCUT2D eigenvalue weighted by Crippen LogP contribution is 2.51. The van der Waals surface area contributed by atoms with Crippen LogP contribution in [0.25, 0.3) is 11.1 Å². The first kappa shape index (κ1) is 14.8. The summed E-state index contributed by atoms with van der Waals surface area (Å²) >= 11 is 0. The second-order valence-corrected chi connectivity index (χ2v) is 5.74. The number of hydrogen-bond donors (Lipinski definition) is 1. The van der Waals surface area contributed by atoms with Crippen LogP contribution in [-0.2, 0) is 10.3 Å². The standard InChI is InChI=1S/C16H14F2N4O2/c17-16(18)8-24-14(19)22-15(16)3-4-23-13-2-1-10(5-12(13)15)11-6-20-9-21-7-11/h1-2,5-7,9H,3-4,8H2,(H2,19,22). The van der Waals surface area contributed by atoms with Crippen molar-refractivity contribution in [3.63, 3.8) is 0 Å². The third-order valence-corrected chi connectivity index (χ3v) is 4.35. The first-order chi connectivity index (χ1) is 11.5. The number of amidine groups is 1. The molecule has 0 bridgehead atoms. The molecule has 0 fully saturated rings. The predicted octanol–water partition coefficient (Wildman–Crippen LogP) is 2.10. The Balaban J connectivity index is 1.92. The van der Waals surface area contributed by atoms with E-state index in [1.807, 2.05) is 0 Å². The number of aromatic nitrogens is 2. The Kier molecular flexibility index (Phi) is 3.16. The molecule has 0 amide bonds. The number of aliphatic imine (C=N–C) groups is 1. The van der Waals surface area contributed by atoms with Crippen molar-refractivity contribution in [3.05, 3.63) is 42.5 Å². The van der Waals surface area contributed by atoms with Gasteiger partial charge in [-0.1, -0.05) is 6.07 Å². The molecule has 1 aromatic heterocycles. The van der Waals surface area contributed by atoms with Crippen molar-refractivity contribution in [2.75, 3.05) is 13.2 Å². The number of alkyl halides is 2. The van der Waals surface area contributed by atoms with Crippen LogP contribution in [0.1, 0.15) is 12.0 Å². The zero-order chi connectivity index (χ0) is 16.8. The summed E-state index contributed by atoms with van der Waals surface area (Å²) in [5.74, 6) is -2.82. The Bertz CT molecular complexity index is 813. The van der Waals surface area contributed by atoms with Gasteiger partial charge >= 0.3 is 5.92 Å². The molecule has 1 unspecified atom stereocenters. The van der Waals surface area contributed by atoms with Gasteiger partial charge in [0.15, 0.2) is 12.1 Å². The summed E-state index contributed by atoms with van der Waals surface area (Å²) in [6.07, 6.45) is 4.66. The lowest BCUT2D eigenvalue weighted by molar-refractivity contribution is -0.132. The minimum Gasteiger partial charge on any atom is -0.493 e. The van der Waals surface area contributed by atoms with Gasteiger partial charge in [-0.05, 0) is 17.7 Å². The molecule has 3 heterocycles. The Labute approximate surface area is 136 Å². The van der Waals surface area contributed by atoms with Gasteiger partial charge in [0.1, 0.15) is 12.1 Å². The highest BCUT2D eigenvalue weighted by Gasteiger charge is 2.60. The summed E-state index contributed by atoms with van der Waals surface area (Å²) in [4.78, 5) is 11.9. The van der Waals surface area contributed by atoms with Crippen LogP contribution in [0, 0.1) is 0 Å². The molecular formula is C16H14F2N4O2. The maximum atomic E-state index is 14.8. The Morgan fingerprint density at radius 1 is 1.08 bits per heavy atom. The van der Waals surface area contributed by atoms with Gasteiger partial charge in [0.2, 0.25) is 0 Å². The van der Waals surface area contributed by atoms with E-state index in [9.17, 15) is 8.78 Å². The molecule has 4 rings (SSSR count). The third kappa shape index (κ3) is 2.10. The van der Waals surface area contributed by atoms with Crippen LogP contribution in [0.3, 0.4) is 0 Å². The molecule has 24 heavy (non-hydrogen) atoms. The van der Waals surface area contributed by atoms with Gasteiger partial charge in [0.25, 0.3) is 6.02 Å². The van der Waals surface area contributed by atoms with Crippen molar-refractivity contribution >= 4 is 6.02 Å². The van der Waals surface area contributed by atoms with E-state index in [1.54, 1.807) is 30.6 Å². The number of ether oxygens (including phenoxy) is 2. The summed E-state index contributed by atoms with van der Waals surface area (Å²) in [5.41, 5.74) is 5.54. The number of benzene rings is 1. The average Bonchev–Trinajstić information content (AvgIpc) is 2.60. The number of nitrogens with zero attached hydrogens (tertiary/aromatic N) is 3.